The van der Waals surface area contributed by atoms with Gasteiger partial charge >= 0.3 is 0 Å². The summed E-state index contributed by atoms with van der Waals surface area (Å²) in [6.07, 6.45) is 3.87. The predicted molar refractivity (Wildman–Crippen MR) is 76.5 cm³/mol. The second-order valence-electron chi connectivity index (χ2n) is 4.93. The summed E-state index contributed by atoms with van der Waals surface area (Å²) >= 11 is 6.13. The Morgan fingerprint density at radius 3 is 2.95 bits per heavy atom. The van der Waals surface area contributed by atoms with Crippen molar-refractivity contribution in [2.24, 2.45) is 7.05 Å². The molecule has 0 unspecified atom stereocenters. The number of benzene rings is 1. The van der Waals surface area contributed by atoms with Gasteiger partial charge in [-0.1, -0.05) is 11.6 Å². The third-order valence-corrected chi connectivity index (χ3v) is 4.01. The Bertz CT molecular complexity index is 672. The zero-order valence-corrected chi connectivity index (χ0v) is 11.9. The topological polar surface area (TPSA) is 57.7 Å². The molecule has 0 N–H and O–H groups in total. The largest absolute Gasteiger partial charge is 0.361 e. The molecule has 1 aromatic heterocycles. The van der Waals surface area contributed by atoms with Crippen LogP contribution in [0, 0.1) is 11.3 Å². The first-order valence-corrected chi connectivity index (χ1v) is 6.88. The van der Waals surface area contributed by atoms with Crippen molar-refractivity contribution in [3.63, 3.8) is 0 Å². The van der Waals surface area contributed by atoms with Gasteiger partial charge in [-0.25, -0.2) is 0 Å². The van der Waals surface area contributed by atoms with Crippen molar-refractivity contribution in [1.82, 2.24) is 14.8 Å². The molecule has 6 heteroatoms. The molecular formula is C14H14ClN5. The Morgan fingerprint density at radius 2 is 2.30 bits per heavy atom. The Balaban J connectivity index is 1.95. The summed E-state index contributed by atoms with van der Waals surface area (Å²) in [5.41, 5.74) is 1.53. The van der Waals surface area contributed by atoms with Gasteiger partial charge in [-0.05, 0) is 31.0 Å². The molecule has 0 bridgehead atoms. The Morgan fingerprint density at radius 1 is 1.45 bits per heavy atom. The van der Waals surface area contributed by atoms with Gasteiger partial charge in [0.2, 0.25) is 0 Å². The van der Waals surface area contributed by atoms with E-state index in [4.69, 9.17) is 16.9 Å². The molecule has 5 nitrogen and oxygen atoms in total. The lowest BCUT2D eigenvalue weighted by atomic mass is 10.1. The first-order chi connectivity index (χ1) is 9.70. The van der Waals surface area contributed by atoms with E-state index in [1.54, 1.807) is 12.4 Å². The third kappa shape index (κ3) is 2.12. The molecule has 0 aliphatic carbocycles. The molecule has 20 heavy (non-hydrogen) atoms. The fraction of sp³-hybridized carbons (Fsp3) is 0.357. The summed E-state index contributed by atoms with van der Waals surface area (Å²) in [5, 5.41) is 17.6. The number of halogens is 1. The fourth-order valence-electron chi connectivity index (χ4n) is 2.71. The van der Waals surface area contributed by atoms with Crippen molar-refractivity contribution in [3.8, 4) is 6.07 Å². The van der Waals surface area contributed by atoms with Crippen LogP contribution in [0.2, 0.25) is 5.02 Å². The molecule has 1 fully saturated rings. The minimum absolute atomic E-state index is 0.214. The number of rotatable bonds is 2. The number of hydrogen-bond donors (Lipinski definition) is 0. The lowest BCUT2D eigenvalue weighted by Gasteiger charge is -2.26. The Kier molecular flexibility index (Phi) is 3.33. The molecule has 2 aromatic rings. The van der Waals surface area contributed by atoms with Gasteiger partial charge in [-0.15, -0.1) is 10.2 Å². The van der Waals surface area contributed by atoms with Crippen molar-refractivity contribution in [2.45, 2.75) is 18.9 Å². The summed E-state index contributed by atoms with van der Waals surface area (Å²) < 4.78 is 1.95. The van der Waals surface area contributed by atoms with Crippen LogP contribution < -0.4 is 4.90 Å². The number of nitrogens with zero attached hydrogens (tertiary/aromatic N) is 5. The van der Waals surface area contributed by atoms with Crippen molar-refractivity contribution in [2.75, 3.05) is 11.4 Å². The molecule has 0 amide bonds. The van der Waals surface area contributed by atoms with Crippen LogP contribution in [0.3, 0.4) is 0 Å². The third-order valence-electron chi connectivity index (χ3n) is 3.70. The summed E-state index contributed by atoms with van der Waals surface area (Å²) in [6.45, 7) is 0.958. The monoisotopic (exact) mass is 287 g/mol. The highest BCUT2D eigenvalue weighted by molar-refractivity contribution is 6.32. The van der Waals surface area contributed by atoms with Crippen molar-refractivity contribution < 1.29 is 0 Å². The molecule has 1 aromatic carbocycles. The zero-order chi connectivity index (χ0) is 14.1. The van der Waals surface area contributed by atoms with E-state index in [0.29, 0.717) is 10.6 Å². The van der Waals surface area contributed by atoms with Crippen LogP contribution in [0.15, 0.2) is 24.5 Å². The van der Waals surface area contributed by atoms with Crippen LogP contribution in [-0.2, 0) is 7.05 Å². The molecule has 0 radical (unpaired) electrons. The van der Waals surface area contributed by atoms with Gasteiger partial charge in [0.1, 0.15) is 12.4 Å². The highest BCUT2D eigenvalue weighted by Gasteiger charge is 2.29. The molecule has 2 heterocycles. The summed E-state index contributed by atoms with van der Waals surface area (Å²) in [4.78, 5) is 2.27. The van der Waals surface area contributed by atoms with Crippen molar-refractivity contribution in [3.05, 3.63) is 40.9 Å². The number of anilines is 1. The second kappa shape index (κ2) is 5.14. The molecule has 3 rings (SSSR count). The normalized spacial score (nSPS) is 18.2. The first kappa shape index (κ1) is 12.9. The maximum atomic E-state index is 8.94. The molecule has 1 aliphatic rings. The molecular weight excluding hydrogens is 274 g/mol. The number of aryl methyl sites for hydroxylation is 1. The molecule has 1 saturated heterocycles. The van der Waals surface area contributed by atoms with Gasteiger partial charge in [-0.3, -0.25) is 0 Å². The highest BCUT2D eigenvalue weighted by Crippen LogP contribution is 2.36. The van der Waals surface area contributed by atoms with Crippen molar-refractivity contribution >= 4 is 17.3 Å². The average Bonchev–Trinajstić information content (AvgIpc) is 3.06. The maximum absolute atomic E-state index is 8.94. The van der Waals surface area contributed by atoms with Crippen LogP contribution in [-0.4, -0.2) is 21.3 Å². The summed E-state index contributed by atoms with van der Waals surface area (Å²) in [7, 11) is 1.96. The van der Waals surface area contributed by atoms with E-state index in [2.05, 4.69) is 21.2 Å². The Hall–Kier alpha value is -2.06. The van der Waals surface area contributed by atoms with Gasteiger partial charge in [0, 0.05) is 19.3 Å². The quantitative estimate of drug-likeness (QED) is 0.852. The summed E-state index contributed by atoms with van der Waals surface area (Å²) in [6, 6.07) is 7.87. The molecule has 0 spiro atoms. The smallest absolute Gasteiger partial charge is 0.155 e. The average molecular weight is 288 g/mol. The fourth-order valence-corrected chi connectivity index (χ4v) is 2.93. The number of aromatic nitrogens is 3. The van der Waals surface area contributed by atoms with E-state index in [9.17, 15) is 0 Å². The lowest BCUT2D eigenvalue weighted by molar-refractivity contribution is 0.629. The van der Waals surface area contributed by atoms with Gasteiger partial charge in [-0.2, -0.15) is 5.26 Å². The SMILES string of the molecule is Cn1cnnc1[C@H]1CCCN1c1ccc(C#N)c(Cl)c1. The van der Waals surface area contributed by atoms with E-state index in [0.717, 1.165) is 30.9 Å². The molecule has 1 aliphatic heterocycles. The second-order valence-corrected chi connectivity index (χ2v) is 5.33. The van der Waals surface area contributed by atoms with E-state index in [-0.39, 0.29) is 6.04 Å². The van der Waals surface area contributed by atoms with Gasteiger partial charge in [0.25, 0.3) is 0 Å². The Labute approximate surface area is 122 Å². The van der Waals surface area contributed by atoms with Crippen LogP contribution >= 0.6 is 11.6 Å². The lowest BCUT2D eigenvalue weighted by Crippen LogP contribution is -2.24. The standard InChI is InChI=1S/C14H14ClN5/c1-19-9-17-18-14(19)13-3-2-6-20(13)11-5-4-10(8-16)12(15)7-11/h4-5,7,9,13H,2-3,6H2,1H3/t13-/m1/s1. The minimum Gasteiger partial charge on any atom is -0.361 e. The molecule has 1 atom stereocenters. The van der Waals surface area contributed by atoms with Gasteiger partial charge in [0.05, 0.1) is 16.6 Å². The highest BCUT2D eigenvalue weighted by atomic mass is 35.5. The van der Waals surface area contributed by atoms with Gasteiger partial charge in [0.15, 0.2) is 5.82 Å². The molecule has 102 valence electrons. The van der Waals surface area contributed by atoms with E-state index < -0.39 is 0 Å². The van der Waals surface area contributed by atoms with Crippen LogP contribution in [0.25, 0.3) is 0 Å². The predicted octanol–water partition coefficient (Wildman–Crippen LogP) is 2.68. The van der Waals surface area contributed by atoms with Crippen molar-refractivity contribution in [1.29, 1.82) is 5.26 Å². The minimum atomic E-state index is 0.214. The van der Waals surface area contributed by atoms with Gasteiger partial charge < -0.3 is 9.47 Å². The first-order valence-electron chi connectivity index (χ1n) is 6.51. The van der Waals surface area contributed by atoms with Crippen LogP contribution in [0.1, 0.15) is 30.3 Å². The maximum Gasteiger partial charge on any atom is 0.155 e. The van der Waals surface area contributed by atoms with E-state index in [1.165, 1.54) is 0 Å². The zero-order valence-electron chi connectivity index (χ0n) is 11.1. The number of hydrogen-bond acceptors (Lipinski definition) is 4. The van der Waals surface area contributed by atoms with Crippen LogP contribution in [0.4, 0.5) is 5.69 Å². The number of nitriles is 1. The van der Waals surface area contributed by atoms with E-state index in [1.807, 2.05) is 23.7 Å². The summed E-state index contributed by atoms with van der Waals surface area (Å²) in [5.74, 6) is 0.961. The van der Waals surface area contributed by atoms with E-state index >= 15 is 0 Å². The molecule has 0 saturated carbocycles. The van der Waals surface area contributed by atoms with Crippen LogP contribution in [0.5, 0.6) is 0 Å².